The van der Waals surface area contributed by atoms with Gasteiger partial charge in [0.05, 0.1) is 7.11 Å². The lowest BCUT2D eigenvalue weighted by Gasteiger charge is -2.24. The van der Waals surface area contributed by atoms with Crippen molar-refractivity contribution in [2.45, 2.75) is 26.2 Å². The van der Waals surface area contributed by atoms with E-state index in [4.69, 9.17) is 4.74 Å². The lowest BCUT2D eigenvalue weighted by molar-refractivity contribution is 0.415. The summed E-state index contributed by atoms with van der Waals surface area (Å²) >= 11 is 0. The Kier molecular flexibility index (Phi) is 4.72. The average Bonchev–Trinajstić information content (AvgIpc) is 2.71. The molecule has 0 spiro atoms. The van der Waals surface area contributed by atoms with E-state index in [9.17, 15) is 5.11 Å². The van der Waals surface area contributed by atoms with Gasteiger partial charge in [0.15, 0.2) is 0 Å². The maximum Gasteiger partial charge on any atom is 0.118 e. The second-order valence-electron chi connectivity index (χ2n) is 7.09. The first kappa shape index (κ1) is 17.4. The van der Waals surface area contributed by atoms with Crippen LogP contribution in [0.1, 0.15) is 40.7 Å². The minimum atomic E-state index is 0.335. The van der Waals surface area contributed by atoms with E-state index in [-0.39, 0.29) is 0 Å². The van der Waals surface area contributed by atoms with Gasteiger partial charge in [0.2, 0.25) is 0 Å². The third-order valence-corrected chi connectivity index (χ3v) is 5.38. The van der Waals surface area contributed by atoms with Gasteiger partial charge >= 0.3 is 0 Å². The molecule has 27 heavy (non-hydrogen) atoms. The van der Waals surface area contributed by atoms with Crippen molar-refractivity contribution in [3.63, 3.8) is 0 Å². The molecule has 1 N–H and O–H groups in total. The number of hydrogen-bond donors (Lipinski definition) is 1. The number of benzene rings is 3. The molecule has 0 saturated carbocycles. The van der Waals surface area contributed by atoms with Gasteiger partial charge in [0, 0.05) is 0 Å². The lowest BCUT2D eigenvalue weighted by atomic mass is 9.81. The Labute approximate surface area is 160 Å². The Morgan fingerprint density at radius 1 is 0.889 bits per heavy atom. The van der Waals surface area contributed by atoms with E-state index in [0.29, 0.717) is 5.75 Å². The summed E-state index contributed by atoms with van der Waals surface area (Å²) in [4.78, 5) is 0. The van der Waals surface area contributed by atoms with Gasteiger partial charge in [-0.25, -0.2) is 0 Å². The molecule has 0 radical (unpaired) electrons. The fourth-order valence-corrected chi connectivity index (χ4v) is 3.97. The molecule has 2 heteroatoms. The molecule has 0 amide bonds. The third-order valence-electron chi connectivity index (χ3n) is 5.38. The van der Waals surface area contributed by atoms with E-state index in [1.54, 1.807) is 13.2 Å². The highest BCUT2D eigenvalue weighted by atomic mass is 16.5. The van der Waals surface area contributed by atoms with Gasteiger partial charge < -0.3 is 9.84 Å². The number of aryl methyl sites for hydroxylation is 2. The van der Waals surface area contributed by atoms with Gasteiger partial charge in [-0.1, -0.05) is 42.5 Å². The molecule has 0 saturated heterocycles. The van der Waals surface area contributed by atoms with Crippen molar-refractivity contribution in [3.8, 4) is 11.5 Å². The van der Waals surface area contributed by atoms with E-state index < -0.39 is 0 Å². The van der Waals surface area contributed by atoms with Crippen molar-refractivity contribution in [2.24, 2.45) is 0 Å². The minimum Gasteiger partial charge on any atom is -0.508 e. The van der Waals surface area contributed by atoms with Gasteiger partial charge in [0.1, 0.15) is 11.5 Å². The number of rotatable bonds is 3. The number of fused-ring (bicyclic) bond motifs is 1. The molecule has 0 aliphatic heterocycles. The normalized spacial score (nSPS) is 15.2. The molecule has 3 aromatic carbocycles. The molecule has 0 unspecified atom stereocenters. The number of phenols is 1. The second kappa shape index (κ2) is 7.32. The average molecular weight is 356 g/mol. The SMILES string of the molecule is COc1ccc(/C(=C2/CCCc3ccccc32)c2ccc(O)c(C)c2)cc1. The van der Waals surface area contributed by atoms with Crippen molar-refractivity contribution in [1.29, 1.82) is 0 Å². The highest BCUT2D eigenvalue weighted by Gasteiger charge is 2.20. The first-order valence-corrected chi connectivity index (χ1v) is 9.43. The van der Waals surface area contributed by atoms with Crippen LogP contribution in [0.25, 0.3) is 11.1 Å². The Bertz CT molecular complexity index is 997. The fourth-order valence-electron chi connectivity index (χ4n) is 3.97. The summed E-state index contributed by atoms with van der Waals surface area (Å²) in [6.45, 7) is 1.95. The Balaban J connectivity index is 1.97. The largest absolute Gasteiger partial charge is 0.508 e. The van der Waals surface area contributed by atoms with E-state index in [1.807, 2.05) is 25.1 Å². The zero-order valence-electron chi connectivity index (χ0n) is 15.8. The zero-order chi connectivity index (χ0) is 18.8. The molecule has 0 bridgehead atoms. The smallest absolute Gasteiger partial charge is 0.118 e. The maximum atomic E-state index is 10.00. The van der Waals surface area contributed by atoms with Crippen LogP contribution in [0.4, 0.5) is 0 Å². The molecule has 2 nitrogen and oxygen atoms in total. The zero-order valence-corrected chi connectivity index (χ0v) is 15.8. The predicted octanol–water partition coefficient (Wildman–Crippen LogP) is 6.00. The highest BCUT2D eigenvalue weighted by Crippen LogP contribution is 2.40. The van der Waals surface area contributed by atoms with Crippen LogP contribution in [0.2, 0.25) is 0 Å². The monoisotopic (exact) mass is 356 g/mol. The molecule has 136 valence electrons. The summed E-state index contributed by atoms with van der Waals surface area (Å²) in [5.74, 6) is 1.19. The van der Waals surface area contributed by atoms with Crippen LogP contribution in [0.5, 0.6) is 11.5 Å². The molecule has 3 aromatic rings. The van der Waals surface area contributed by atoms with Crippen LogP contribution in [-0.2, 0) is 6.42 Å². The maximum absolute atomic E-state index is 10.00. The Morgan fingerprint density at radius 2 is 1.63 bits per heavy atom. The summed E-state index contributed by atoms with van der Waals surface area (Å²) in [5.41, 5.74) is 8.60. The number of ether oxygens (including phenoxy) is 1. The van der Waals surface area contributed by atoms with Crippen LogP contribution in [0.15, 0.2) is 66.7 Å². The van der Waals surface area contributed by atoms with Crippen molar-refractivity contribution in [3.05, 3.63) is 94.5 Å². The summed E-state index contributed by atoms with van der Waals surface area (Å²) in [5, 5.41) is 10.00. The van der Waals surface area contributed by atoms with Crippen molar-refractivity contribution in [1.82, 2.24) is 0 Å². The molecule has 0 fully saturated rings. The molecule has 1 aliphatic rings. The van der Waals surface area contributed by atoms with Crippen LogP contribution in [0.3, 0.4) is 0 Å². The predicted molar refractivity (Wildman–Crippen MR) is 111 cm³/mol. The first-order chi connectivity index (χ1) is 13.2. The second-order valence-corrected chi connectivity index (χ2v) is 7.09. The summed E-state index contributed by atoms with van der Waals surface area (Å²) in [6.07, 6.45) is 3.34. The third kappa shape index (κ3) is 3.35. The number of allylic oxidation sites excluding steroid dienone is 1. The van der Waals surface area contributed by atoms with Gasteiger partial charge in [0.25, 0.3) is 0 Å². The van der Waals surface area contributed by atoms with Crippen molar-refractivity contribution >= 4 is 11.1 Å². The summed E-state index contributed by atoms with van der Waals surface area (Å²) in [6, 6.07) is 22.9. The standard InChI is InChI=1S/C25H24O2/c1-17-16-20(12-15-24(17)26)25(19-10-13-21(27-2)14-11-19)23-9-5-7-18-6-3-4-8-22(18)23/h3-4,6,8,10-16,26H,5,7,9H2,1-2H3/b25-23+. The Hall–Kier alpha value is -3.00. The molecule has 1 aliphatic carbocycles. The molecule has 0 atom stereocenters. The quantitative estimate of drug-likeness (QED) is 0.623. The molecular weight excluding hydrogens is 332 g/mol. The minimum absolute atomic E-state index is 0.335. The van der Waals surface area contributed by atoms with E-state index in [0.717, 1.165) is 36.1 Å². The lowest BCUT2D eigenvalue weighted by Crippen LogP contribution is -2.05. The van der Waals surface area contributed by atoms with E-state index in [2.05, 4.69) is 42.5 Å². The van der Waals surface area contributed by atoms with Crippen LogP contribution in [-0.4, -0.2) is 12.2 Å². The van der Waals surface area contributed by atoms with Crippen LogP contribution >= 0.6 is 0 Å². The van der Waals surface area contributed by atoms with E-state index in [1.165, 1.54) is 27.8 Å². The van der Waals surface area contributed by atoms with Gasteiger partial charge in [-0.15, -0.1) is 0 Å². The molecule has 4 rings (SSSR count). The number of methoxy groups -OCH3 is 1. The number of aromatic hydroxyl groups is 1. The first-order valence-electron chi connectivity index (χ1n) is 9.43. The molecule has 0 heterocycles. The van der Waals surface area contributed by atoms with Gasteiger partial charge in [-0.2, -0.15) is 0 Å². The van der Waals surface area contributed by atoms with Crippen molar-refractivity contribution in [2.75, 3.05) is 7.11 Å². The molecular formula is C25H24O2. The highest BCUT2D eigenvalue weighted by molar-refractivity contribution is 5.99. The van der Waals surface area contributed by atoms with Gasteiger partial charge in [-0.05, 0) is 89.4 Å². The van der Waals surface area contributed by atoms with Crippen LogP contribution in [0, 0.1) is 6.92 Å². The van der Waals surface area contributed by atoms with E-state index >= 15 is 0 Å². The topological polar surface area (TPSA) is 29.5 Å². The van der Waals surface area contributed by atoms with Gasteiger partial charge in [-0.3, -0.25) is 0 Å². The molecule has 0 aromatic heterocycles. The fraction of sp³-hybridized carbons (Fsp3) is 0.200. The summed E-state index contributed by atoms with van der Waals surface area (Å²) < 4.78 is 5.34. The number of phenolic OH excluding ortho intramolecular Hbond substituents is 1. The summed E-state index contributed by atoms with van der Waals surface area (Å²) in [7, 11) is 1.69. The van der Waals surface area contributed by atoms with Crippen molar-refractivity contribution < 1.29 is 9.84 Å². The number of hydrogen-bond acceptors (Lipinski definition) is 2. The van der Waals surface area contributed by atoms with Crippen LogP contribution < -0.4 is 4.74 Å². The Morgan fingerprint density at radius 3 is 2.37 bits per heavy atom.